The van der Waals surface area contributed by atoms with Crippen LogP contribution in [-0.2, 0) is 4.74 Å². The monoisotopic (exact) mass is 209 g/mol. The van der Waals surface area contributed by atoms with Crippen LogP contribution in [0.3, 0.4) is 0 Å². The maximum Gasteiger partial charge on any atom is 0.124 e. The molecule has 0 amide bonds. The number of rotatable bonds is 5. The Morgan fingerprint density at radius 1 is 1.33 bits per heavy atom. The minimum atomic E-state index is -0.0110. The summed E-state index contributed by atoms with van der Waals surface area (Å²) in [6, 6.07) is 6.06. The minimum absolute atomic E-state index is 0.0110. The van der Waals surface area contributed by atoms with Crippen molar-refractivity contribution in [3.05, 3.63) is 29.3 Å². The Morgan fingerprint density at radius 2 is 2.07 bits per heavy atom. The zero-order valence-electron chi connectivity index (χ0n) is 9.62. The summed E-state index contributed by atoms with van der Waals surface area (Å²) in [6.07, 6.45) is 0. The molecule has 0 fully saturated rings. The fourth-order valence-electron chi connectivity index (χ4n) is 1.38. The smallest absolute Gasteiger partial charge is 0.124 e. The van der Waals surface area contributed by atoms with Crippen molar-refractivity contribution in [1.29, 1.82) is 0 Å². The number of benzene rings is 1. The number of nitrogens with two attached hydrogens (primary N) is 1. The molecule has 0 aliphatic carbocycles. The Morgan fingerprint density at radius 3 is 2.67 bits per heavy atom. The van der Waals surface area contributed by atoms with Crippen LogP contribution in [0.4, 0.5) is 0 Å². The summed E-state index contributed by atoms with van der Waals surface area (Å²) in [5, 5.41) is 0. The first-order valence-electron chi connectivity index (χ1n) is 5.13. The van der Waals surface area contributed by atoms with Crippen molar-refractivity contribution in [3.63, 3.8) is 0 Å². The summed E-state index contributed by atoms with van der Waals surface area (Å²) in [5.41, 5.74) is 8.07. The van der Waals surface area contributed by atoms with Crippen LogP contribution in [0.5, 0.6) is 5.75 Å². The van der Waals surface area contributed by atoms with Gasteiger partial charge < -0.3 is 15.2 Å². The van der Waals surface area contributed by atoms with Crippen molar-refractivity contribution >= 4 is 0 Å². The van der Waals surface area contributed by atoms with Crippen molar-refractivity contribution in [2.45, 2.75) is 19.9 Å². The first-order chi connectivity index (χ1) is 7.15. The van der Waals surface area contributed by atoms with Crippen molar-refractivity contribution in [2.75, 3.05) is 20.3 Å². The number of hydrogen-bond donors (Lipinski definition) is 1. The van der Waals surface area contributed by atoms with Gasteiger partial charge in [-0.25, -0.2) is 0 Å². The van der Waals surface area contributed by atoms with Crippen molar-refractivity contribution in [3.8, 4) is 5.75 Å². The first-order valence-corrected chi connectivity index (χ1v) is 5.13. The van der Waals surface area contributed by atoms with Crippen LogP contribution >= 0.6 is 0 Å². The average molecular weight is 209 g/mol. The Kier molecular flexibility index (Phi) is 4.59. The summed E-state index contributed by atoms with van der Waals surface area (Å²) in [5.74, 6) is 0.863. The predicted octanol–water partition coefficient (Wildman–Crippen LogP) is 2.04. The second-order valence-electron chi connectivity index (χ2n) is 3.67. The lowest BCUT2D eigenvalue weighted by atomic mass is 10.1. The van der Waals surface area contributed by atoms with Gasteiger partial charge in [-0.3, -0.25) is 0 Å². The zero-order chi connectivity index (χ0) is 11.3. The van der Waals surface area contributed by atoms with E-state index >= 15 is 0 Å². The van der Waals surface area contributed by atoms with Crippen LogP contribution < -0.4 is 10.5 Å². The highest BCUT2D eigenvalue weighted by molar-refractivity contribution is 5.38. The minimum Gasteiger partial charge on any atom is -0.491 e. The fraction of sp³-hybridized carbons (Fsp3) is 0.500. The van der Waals surface area contributed by atoms with E-state index in [2.05, 4.69) is 0 Å². The second kappa shape index (κ2) is 5.73. The summed E-state index contributed by atoms with van der Waals surface area (Å²) in [6.45, 7) is 5.13. The van der Waals surface area contributed by atoms with Gasteiger partial charge in [0.1, 0.15) is 12.4 Å². The molecule has 0 radical (unpaired) electrons. The van der Waals surface area contributed by atoms with Crippen LogP contribution in [0, 0.1) is 6.92 Å². The standard InChI is InChI=1S/C12H19NO2/c1-9-4-5-11(10(2)13)12(8-9)15-7-6-14-3/h4-5,8,10H,6-7,13H2,1-3H3. The van der Waals surface area contributed by atoms with E-state index in [1.807, 2.05) is 32.0 Å². The van der Waals surface area contributed by atoms with Crippen LogP contribution in [0.2, 0.25) is 0 Å². The van der Waals surface area contributed by atoms with Crippen LogP contribution in [0.1, 0.15) is 24.1 Å². The molecule has 1 aromatic rings. The van der Waals surface area contributed by atoms with Gasteiger partial charge in [-0.05, 0) is 25.5 Å². The van der Waals surface area contributed by atoms with Crippen molar-refractivity contribution in [2.24, 2.45) is 5.73 Å². The Labute approximate surface area is 91.2 Å². The summed E-state index contributed by atoms with van der Waals surface area (Å²) < 4.78 is 10.6. The topological polar surface area (TPSA) is 44.5 Å². The lowest BCUT2D eigenvalue weighted by molar-refractivity contribution is 0.145. The predicted molar refractivity (Wildman–Crippen MR) is 61.2 cm³/mol. The quantitative estimate of drug-likeness (QED) is 0.755. The molecule has 1 rings (SSSR count). The molecule has 1 unspecified atom stereocenters. The molecule has 15 heavy (non-hydrogen) atoms. The molecule has 0 heterocycles. The van der Waals surface area contributed by atoms with Crippen LogP contribution in [0.15, 0.2) is 18.2 Å². The van der Waals surface area contributed by atoms with Gasteiger partial charge in [-0.1, -0.05) is 12.1 Å². The molecule has 1 aromatic carbocycles. The third-order valence-electron chi connectivity index (χ3n) is 2.20. The molecule has 0 bridgehead atoms. The normalized spacial score (nSPS) is 12.5. The van der Waals surface area contributed by atoms with E-state index < -0.39 is 0 Å². The van der Waals surface area contributed by atoms with Gasteiger partial charge in [0.25, 0.3) is 0 Å². The number of methoxy groups -OCH3 is 1. The lowest BCUT2D eigenvalue weighted by Gasteiger charge is -2.14. The van der Waals surface area contributed by atoms with Gasteiger partial charge in [-0.15, -0.1) is 0 Å². The molecule has 0 saturated carbocycles. The number of hydrogen-bond acceptors (Lipinski definition) is 3. The third kappa shape index (κ3) is 3.53. The molecule has 0 spiro atoms. The summed E-state index contributed by atoms with van der Waals surface area (Å²) >= 11 is 0. The van der Waals surface area contributed by atoms with Crippen molar-refractivity contribution in [1.82, 2.24) is 0 Å². The highest BCUT2D eigenvalue weighted by atomic mass is 16.5. The maximum atomic E-state index is 5.86. The van der Waals surface area contributed by atoms with Gasteiger partial charge in [0.15, 0.2) is 0 Å². The van der Waals surface area contributed by atoms with Gasteiger partial charge >= 0.3 is 0 Å². The SMILES string of the molecule is COCCOc1cc(C)ccc1C(C)N. The molecule has 3 heteroatoms. The summed E-state index contributed by atoms with van der Waals surface area (Å²) in [4.78, 5) is 0. The van der Waals surface area contributed by atoms with E-state index in [1.54, 1.807) is 7.11 Å². The highest BCUT2D eigenvalue weighted by Crippen LogP contribution is 2.24. The van der Waals surface area contributed by atoms with Gasteiger partial charge in [0.2, 0.25) is 0 Å². The fourth-order valence-corrected chi connectivity index (χ4v) is 1.38. The first kappa shape index (κ1) is 12.0. The molecular weight excluding hydrogens is 190 g/mol. The van der Waals surface area contributed by atoms with Crippen LogP contribution in [-0.4, -0.2) is 20.3 Å². The second-order valence-corrected chi connectivity index (χ2v) is 3.67. The van der Waals surface area contributed by atoms with E-state index in [4.69, 9.17) is 15.2 Å². The average Bonchev–Trinajstić information content (AvgIpc) is 2.18. The summed E-state index contributed by atoms with van der Waals surface area (Å²) in [7, 11) is 1.66. The Hall–Kier alpha value is -1.06. The molecule has 0 saturated heterocycles. The van der Waals surface area contributed by atoms with E-state index in [0.717, 1.165) is 11.3 Å². The maximum absolute atomic E-state index is 5.86. The van der Waals surface area contributed by atoms with Crippen LogP contribution in [0.25, 0.3) is 0 Å². The van der Waals surface area contributed by atoms with E-state index in [9.17, 15) is 0 Å². The van der Waals surface area contributed by atoms with Gasteiger partial charge in [-0.2, -0.15) is 0 Å². The molecule has 1 atom stereocenters. The largest absolute Gasteiger partial charge is 0.491 e. The van der Waals surface area contributed by atoms with Crippen molar-refractivity contribution < 1.29 is 9.47 Å². The molecule has 0 aliphatic rings. The van der Waals surface area contributed by atoms with Gasteiger partial charge in [0, 0.05) is 18.7 Å². The number of aryl methyl sites for hydroxylation is 1. The molecule has 2 N–H and O–H groups in total. The number of ether oxygens (including phenoxy) is 2. The van der Waals surface area contributed by atoms with E-state index in [1.165, 1.54) is 5.56 Å². The lowest BCUT2D eigenvalue weighted by Crippen LogP contribution is -2.10. The molecule has 0 aromatic heterocycles. The molecule has 3 nitrogen and oxygen atoms in total. The highest BCUT2D eigenvalue weighted by Gasteiger charge is 2.07. The Bertz CT molecular complexity index is 310. The molecule has 84 valence electrons. The van der Waals surface area contributed by atoms with E-state index in [0.29, 0.717) is 13.2 Å². The van der Waals surface area contributed by atoms with E-state index in [-0.39, 0.29) is 6.04 Å². The van der Waals surface area contributed by atoms with Gasteiger partial charge in [0.05, 0.1) is 6.61 Å². The Balaban J connectivity index is 2.77. The zero-order valence-corrected chi connectivity index (χ0v) is 9.62. The third-order valence-corrected chi connectivity index (χ3v) is 2.20. The molecular formula is C12H19NO2. The molecule has 0 aliphatic heterocycles.